The largest absolute Gasteiger partial charge is 0.496 e. The van der Waals surface area contributed by atoms with Crippen LogP contribution in [0.5, 0.6) is 5.75 Å². The molecule has 1 N–H and O–H groups in total. The molecule has 1 aliphatic rings. The lowest BCUT2D eigenvalue weighted by atomic mass is 10.1. The lowest BCUT2D eigenvalue weighted by Crippen LogP contribution is -2.14. The highest BCUT2D eigenvalue weighted by molar-refractivity contribution is 5.95. The van der Waals surface area contributed by atoms with Crippen LogP contribution >= 0.6 is 0 Å². The minimum atomic E-state index is 0.586. The highest BCUT2D eigenvalue weighted by atomic mass is 16.5. The van der Waals surface area contributed by atoms with Crippen LogP contribution in [0.1, 0.15) is 6.42 Å². The molecule has 2 aromatic rings. The van der Waals surface area contributed by atoms with Crippen molar-refractivity contribution in [2.24, 2.45) is 5.92 Å². The maximum absolute atomic E-state index is 5.39. The average Bonchev–Trinajstić information content (AvgIpc) is 2.97. The number of methoxy groups -OCH3 is 1. The number of anilines is 1. The Bertz CT molecular complexity index is 565. The summed E-state index contributed by atoms with van der Waals surface area (Å²) in [7, 11) is 1.69. The molecule has 1 saturated heterocycles. The van der Waals surface area contributed by atoms with Crippen LogP contribution in [0.2, 0.25) is 0 Å². The second-order valence-corrected chi connectivity index (χ2v) is 4.83. The molecule has 1 fully saturated rings. The van der Waals surface area contributed by atoms with Crippen LogP contribution in [0, 0.1) is 5.92 Å². The van der Waals surface area contributed by atoms with Crippen molar-refractivity contribution in [1.82, 2.24) is 4.98 Å². The number of hydrogen-bond donors (Lipinski definition) is 1. The van der Waals surface area contributed by atoms with Gasteiger partial charge < -0.3 is 14.8 Å². The summed E-state index contributed by atoms with van der Waals surface area (Å²) in [6.07, 6.45) is 2.94. The first-order valence-corrected chi connectivity index (χ1v) is 6.62. The van der Waals surface area contributed by atoms with Gasteiger partial charge in [-0.1, -0.05) is 12.1 Å². The maximum atomic E-state index is 5.39. The monoisotopic (exact) mass is 258 g/mol. The van der Waals surface area contributed by atoms with E-state index in [1.165, 1.54) is 0 Å². The predicted octanol–water partition coefficient (Wildman–Crippen LogP) is 2.69. The standard InChI is InChI=1S/C15H18N2O2/c1-18-14-4-2-3-13-12(14)5-7-16-15(13)17-9-11-6-8-19-10-11/h2-5,7,11H,6,8-10H2,1H3,(H,16,17). The Morgan fingerprint density at radius 1 is 1.37 bits per heavy atom. The molecule has 0 spiro atoms. The van der Waals surface area contributed by atoms with Gasteiger partial charge in [0.15, 0.2) is 0 Å². The SMILES string of the molecule is COc1cccc2c(NCC3CCOC3)nccc12. The van der Waals surface area contributed by atoms with Gasteiger partial charge in [0.05, 0.1) is 13.7 Å². The number of nitrogens with one attached hydrogen (secondary N) is 1. The third-order valence-electron chi connectivity index (χ3n) is 3.57. The van der Waals surface area contributed by atoms with Crippen molar-refractivity contribution < 1.29 is 9.47 Å². The molecule has 19 heavy (non-hydrogen) atoms. The van der Waals surface area contributed by atoms with E-state index in [-0.39, 0.29) is 0 Å². The van der Waals surface area contributed by atoms with E-state index in [9.17, 15) is 0 Å². The van der Waals surface area contributed by atoms with Crippen molar-refractivity contribution in [3.05, 3.63) is 30.5 Å². The molecule has 100 valence electrons. The Morgan fingerprint density at radius 3 is 3.11 bits per heavy atom. The molecule has 0 bridgehead atoms. The second-order valence-electron chi connectivity index (χ2n) is 4.83. The van der Waals surface area contributed by atoms with Gasteiger partial charge in [0.25, 0.3) is 0 Å². The predicted molar refractivity (Wildman–Crippen MR) is 75.7 cm³/mol. The third-order valence-corrected chi connectivity index (χ3v) is 3.57. The van der Waals surface area contributed by atoms with Crippen molar-refractivity contribution in [3.63, 3.8) is 0 Å². The summed E-state index contributed by atoms with van der Waals surface area (Å²) in [6, 6.07) is 8.01. The summed E-state index contributed by atoms with van der Waals surface area (Å²) in [5, 5.41) is 5.62. The van der Waals surface area contributed by atoms with Gasteiger partial charge in [0, 0.05) is 36.0 Å². The minimum absolute atomic E-state index is 0.586. The zero-order valence-corrected chi connectivity index (χ0v) is 11.1. The van der Waals surface area contributed by atoms with Gasteiger partial charge in [-0.2, -0.15) is 0 Å². The summed E-state index contributed by atoms with van der Waals surface area (Å²) in [6.45, 7) is 2.63. The van der Waals surface area contributed by atoms with Crippen molar-refractivity contribution in [2.75, 3.05) is 32.2 Å². The number of hydrogen-bond acceptors (Lipinski definition) is 4. The fourth-order valence-electron chi connectivity index (χ4n) is 2.48. The summed E-state index contributed by atoms with van der Waals surface area (Å²) >= 11 is 0. The number of nitrogens with zero attached hydrogens (tertiary/aromatic N) is 1. The highest BCUT2D eigenvalue weighted by Gasteiger charge is 2.16. The fraction of sp³-hybridized carbons (Fsp3) is 0.400. The highest BCUT2D eigenvalue weighted by Crippen LogP contribution is 2.29. The van der Waals surface area contributed by atoms with Crippen LogP contribution in [0.4, 0.5) is 5.82 Å². The molecule has 1 aromatic carbocycles. The Hall–Kier alpha value is -1.81. The fourth-order valence-corrected chi connectivity index (χ4v) is 2.48. The van der Waals surface area contributed by atoms with E-state index >= 15 is 0 Å². The average molecular weight is 258 g/mol. The molecule has 4 nitrogen and oxygen atoms in total. The number of fused-ring (bicyclic) bond motifs is 1. The maximum Gasteiger partial charge on any atom is 0.133 e. The van der Waals surface area contributed by atoms with Gasteiger partial charge in [-0.25, -0.2) is 4.98 Å². The van der Waals surface area contributed by atoms with E-state index in [1.807, 2.05) is 24.4 Å². The number of rotatable bonds is 4. The number of benzene rings is 1. The van der Waals surface area contributed by atoms with Crippen LogP contribution in [-0.4, -0.2) is 31.9 Å². The van der Waals surface area contributed by atoms with Gasteiger partial charge in [-0.15, -0.1) is 0 Å². The van der Waals surface area contributed by atoms with E-state index in [4.69, 9.17) is 9.47 Å². The van der Waals surface area contributed by atoms with Crippen molar-refractivity contribution in [2.45, 2.75) is 6.42 Å². The van der Waals surface area contributed by atoms with Crippen molar-refractivity contribution >= 4 is 16.6 Å². The Balaban J connectivity index is 1.86. The molecule has 0 amide bonds. The second kappa shape index (κ2) is 5.45. The lowest BCUT2D eigenvalue weighted by molar-refractivity contribution is 0.187. The topological polar surface area (TPSA) is 43.4 Å². The lowest BCUT2D eigenvalue weighted by Gasteiger charge is -2.13. The molecule has 2 heterocycles. The van der Waals surface area contributed by atoms with E-state index < -0.39 is 0 Å². The van der Waals surface area contributed by atoms with E-state index in [1.54, 1.807) is 7.11 Å². The van der Waals surface area contributed by atoms with Gasteiger partial charge in [0.2, 0.25) is 0 Å². The van der Waals surface area contributed by atoms with Gasteiger partial charge >= 0.3 is 0 Å². The molecule has 3 rings (SSSR count). The molecule has 0 radical (unpaired) electrons. The normalized spacial score (nSPS) is 18.7. The van der Waals surface area contributed by atoms with E-state index in [0.717, 1.165) is 48.5 Å². The van der Waals surface area contributed by atoms with Gasteiger partial charge in [0.1, 0.15) is 11.6 Å². The van der Waals surface area contributed by atoms with Crippen LogP contribution in [0.3, 0.4) is 0 Å². The molecule has 1 aromatic heterocycles. The van der Waals surface area contributed by atoms with Crippen molar-refractivity contribution in [1.29, 1.82) is 0 Å². The Labute approximate surface area is 112 Å². The van der Waals surface area contributed by atoms with Crippen molar-refractivity contribution in [3.8, 4) is 5.75 Å². The number of ether oxygens (including phenoxy) is 2. The minimum Gasteiger partial charge on any atom is -0.496 e. The van der Waals surface area contributed by atoms with E-state index in [0.29, 0.717) is 5.92 Å². The first-order chi connectivity index (χ1) is 9.38. The van der Waals surface area contributed by atoms with Crippen LogP contribution in [0.25, 0.3) is 10.8 Å². The summed E-state index contributed by atoms with van der Waals surface area (Å²) < 4.78 is 10.8. The molecular weight excluding hydrogens is 240 g/mol. The van der Waals surface area contributed by atoms with E-state index in [2.05, 4.69) is 16.4 Å². The summed E-state index contributed by atoms with van der Waals surface area (Å²) in [5.74, 6) is 2.39. The first-order valence-electron chi connectivity index (χ1n) is 6.62. The van der Waals surface area contributed by atoms with Crippen LogP contribution in [-0.2, 0) is 4.74 Å². The molecule has 0 aliphatic carbocycles. The smallest absolute Gasteiger partial charge is 0.133 e. The van der Waals surface area contributed by atoms with Gasteiger partial charge in [-0.05, 0) is 18.6 Å². The summed E-state index contributed by atoms with van der Waals surface area (Å²) in [5.41, 5.74) is 0. The van der Waals surface area contributed by atoms with Crippen LogP contribution in [0.15, 0.2) is 30.5 Å². The number of pyridine rings is 1. The molecule has 4 heteroatoms. The number of aromatic nitrogens is 1. The zero-order valence-electron chi connectivity index (χ0n) is 11.1. The molecule has 1 atom stereocenters. The molecule has 1 aliphatic heterocycles. The summed E-state index contributed by atoms with van der Waals surface area (Å²) in [4.78, 5) is 4.44. The molecular formula is C15H18N2O2. The molecule has 0 saturated carbocycles. The Kier molecular flexibility index (Phi) is 3.51. The first kappa shape index (κ1) is 12.2. The van der Waals surface area contributed by atoms with Crippen LogP contribution < -0.4 is 10.1 Å². The molecule has 1 unspecified atom stereocenters. The Morgan fingerprint density at radius 2 is 2.32 bits per heavy atom. The zero-order chi connectivity index (χ0) is 13.1. The quantitative estimate of drug-likeness (QED) is 0.915. The third kappa shape index (κ3) is 2.49. The van der Waals surface area contributed by atoms with Gasteiger partial charge in [-0.3, -0.25) is 0 Å².